The molecule has 0 aromatic heterocycles. The number of ether oxygens (including phenoxy) is 3. The van der Waals surface area contributed by atoms with Gasteiger partial charge in [0.05, 0.1) is 0 Å². The van der Waals surface area contributed by atoms with Gasteiger partial charge in [0.25, 0.3) is 0 Å². The van der Waals surface area contributed by atoms with Crippen molar-refractivity contribution in [1.29, 1.82) is 0 Å². The molecule has 0 aromatic rings. The Balaban J connectivity index is 4.23. The molecule has 0 heterocycles. The smallest absolute Gasteiger partial charge is 0.306 e. The monoisotopic (exact) mass is 1010 g/mol. The molecule has 0 amide bonds. The van der Waals surface area contributed by atoms with Crippen molar-refractivity contribution in [3.63, 3.8) is 0 Å². The van der Waals surface area contributed by atoms with Crippen LogP contribution in [0.1, 0.15) is 252 Å². The average Bonchev–Trinajstić information content (AvgIpc) is 3.39. The highest BCUT2D eigenvalue weighted by atomic mass is 16.6. The van der Waals surface area contributed by atoms with Crippen LogP contribution in [0.3, 0.4) is 0 Å². The molecule has 0 saturated carbocycles. The topological polar surface area (TPSA) is 78.9 Å². The molecule has 0 aromatic carbocycles. The fraction of sp³-hybridized carbons (Fsp3) is 0.627. The molecule has 0 radical (unpaired) electrons. The van der Waals surface area contributed by atoms with Gasteiger partial charge in [0.2, 0.25) is 0 Å². The summed E-state index contributed by atoms with van der Waals surface area (Å²) in [5.74, 6) is -0.966. The van der Waals surface area contributed by atoms with Crippen molar-refractivity contribution in [2.75, 3.05) is 13.2 Å². The van der Waals surface area contributed by atoms with Crippen LogP contribution in [0.4, 0.5) is 0 Å². The Bertz CT molecular complexity index is 1580. The molecular weight excluding hydrogens is 901 g/mol. The van der Waals surface area contributed by atoms with E-state index in [1.165, 1.54) is 77.0 Å². The summed E-state index contributed by atoms with van der Waals surface area (Å²) in [4.78, 5) is 37.8. The van der Waals surface area contributed by atoms with E-state index in [1.807, 2.05) is 0 Å². The van der Waals surface area contributed by atoms with E-state index in [4.69, 9.17) is 14.2 Å². The number of hydrogen-bond donors (Lipinski definition) is 0. The number of carbonyl (C=O) groups excluding carboxylic acids is 3. The fourth-order valence-corrected chi connectivity index (χ4v) is 7.70. The summed E-state index contributed by atoms with van der Waals surface area (Å²) in [5, 5.41) is 0. The lowest BCUT2D eigenvalue weighted by Gasteiger charge is -2.18. The quantitative estimate of drug-likeness (QED) is 0.0261. The summed E-state index contributed by atoms with van der Waals surface area (Å²) in [5.41, 5.74) is 0. The van der Waals surface area contributed by atoms with Crippen molar-refractivity contribution in [3.05, 3.63) is 134 Å². The van der Waals surface area contributed by atoms with Gasteiger partial charge in [-0.1, -0.05) is 244 Å². The van der Waals surface area contributed by atoms with Crippen LogP contribution in [0.2, 0.25) is 0 Å². The lowest BCUT2D eigenvalue weighted by molar-refractivity contribution is -0.167. The minimum absolute atomic E-state index is 0.0979. The molecule has 412 valence electrons. The molecule has 0 bridgehead atoms. The first-order chi connectivity index (χ1) is 36.0. The minimum Gasteiger partial charge on any atom is -0.462 e. The predicted octanol–water partition coefficient (Wildman–Crippen LogP) is 20.2. The molecule has 1 atom stereocenters. The van der Waals surface area contributed by atoms with Gasteiger partial charge in [-0.15, -0.1) is 0 Å². The molecule has 1 unspecified atom stereocenters. The van der Waals surface area contributed by atoms with E-state index in [1.54, 1.807) is 0 Å². The maximum absolute atomic E-state index is 12.8. The zero-order chi connectivity index (χ0) is 52.9. The zero-order valence-electron chi connectivity index (χ0n) is 47.1. The first-order valence-electron chi connectivity index (χ1n) is 29.7. The first kappa shape index (κ1) is 68.6. The lowest BCUT2D eigenvalue weighted by Crippen LogP contribution is -2.30. The highest BCUT2D eigenvalue weighted by Gasteiger charge is 2.19. The average molecular weight is 1010 g/mol. The molecule has 0 aliphatic heterocycles. The van der Waals surface area contributed by atoms with E-state index in [9.17, 15) is 14.4 Å². The van der Waals surface area contributed by atoms with E-state index in [0.717, 1.165) is 128 Å². The maximum Gasteiger partial charge on any atom is 0.306 e. The van der Waals surface area contributed by atoms with Crippen LogP contribution in [-0.2, 0) is 28.6 Å². The summed E-state index contributed by atoms with van der Waals surface area (Å²) in [6, 6.07) is 0. The number of esters is 3. The van der Waals surface area contributed by atoms with Crippen molar-refractivity contribution in [3.8, 4) is 0 Å². The minimum atomic E-state index is -0.800. The highest BCUT2D eigenvalue weighted by Crippen LogP contribution is 2.13. The molecule has 6 nitrogen and oxygen atoms in total. The second-order valence-corrected chi connectivity index (χ2v) is 19.2. The van der Waals surface area contributed by atoms with Crippen molar-refractivity contribution < 1.29 is 28.6 Å². The predicted molar refractivity (Wildman–Crippen MR) is 316 cm³/mol. The fourth-order valence-electron chi connectivity index (χ4n) is 7.70. The highest BCUT2D eigenvalue weighted by molar-refractivity contribution is 5.71. The van der Waals surface area contributed by atoms with Crippen LogP contribution in [0, 0.1) is 0 Å². The number of carbonyl (C=O) groups is 3. The molecule has 0 spiro atoms. The van der Waals surface area contributed by atoms with Gasteiger partial charge >= 0.3 is 17.9 Å². The van der Waals surface area contributed by atoms with Crippen LogP contribution in [0.5, 0.6) is 0 Å². The summed E-state index contributed by atoms with van der Waals surface area (Å²) >= 11 is 0. The summed E-state index contributed by atoms with van der Waals surface area (Å²) in [6.45, 7) is 6.41. The van der Waals surface area contributed by atoms with Crippen molar-refractivity contribution >= 4 is 17.9 Å². The van der Waals surface area contributed by atoms with E-state index >= 15 is 0 Å². The van der Waals surface area contributed by atoms with Crippen LogP contribution >= 0.6 is 0 Å². The van der Waals surface area contributed by atoms with Gasteiger partial charge in [0.1, 0.15) is 13.2 Å². The summed E-state index contributed by atoms with van der Waals surface area (Å²) < 4.78 is 16.7. The van der Waals surface area contributed by atoms with E-state index in [2.05, 4.69) is 154 Å². The van der Waals surface area contributed by atoms with Crippen LogP contribution in [-0.4, -0.2) is 37.2 Å². The summed E-state index contributed by atoms with van der Waals surface area (Å²) in [6.07, 6.45) is 84.8. The third-order valence-electron chi connectivity index (χ3n) is 12.1. The number of rotatable bonds is 52. The van der Waals surface area contributed by atoms with Gasteiger partial charge in [0.15, 0.2) is 6.10 Å². The van der Waals surface area contributed by atoms with E-state index < -0.39 is 6.10 Å². The Morgan fingerprint density at radius 1 is 0.288 bits per heavy atom. The van der Waals surface area contributed by atoms with Crippen LogP contribution in [0.25, 0.3) is 0 Å². The number of hydrogen-bond acceptors (Lipinski definition) is 6. The molecule has 0 rings (SSSR count). The number of unbranched alkanes of at least 4 members (excludes halogenated alkanes) is 19. The van der Waals surface area contributed by atoms with E-state index in [0.29, 0.717) is 25.7 Å². The standard InChI is InChI=1S/C67H108O6/c1-4-7-10-13-16-18-20-22-24-26-27-28-29-30-31-32-33-34-35-36-37-38-39-40-41-42-44-45-47-49-51-54-57-60-66(69)72-63-64(62-71-65(68)59-56-53-15-12-9-6-3)73-67(70)61-58-55-52-50-48-46-43-25-23-21-19-17-14-11-8-5-2/h7,10,16,18,22,24-25,27-28,30-31,33-34,36-37,39-40,42-44,47,49,64H,4-6,8-9,11-15,17,19-21,23,26,29,32,35,38,41,45-46,48,50-63H2,1-3H3/b10-7-,18-16-,24-22-,28-27-,31-30-,34-33-,37-36-,40-39-,43-25-,44-42-,49-47-. The second kappa shape index (κ2) is 60.1. The van der Waals surface area contributed by atoms with Gasteiger partial charge in [0, 0.05) is 19.3 Å². The SMILES string of the molecule is CC/C=C\C/C=C\C/C=C\C/C=C\C/C=C\C/C=C\C/C=C\C/C=C\C/C=C\C/C=C\CCCCC(=O)OCC(COC(=O)CCCCCCCC)OC(=O)CCCCCCC/C=C\CCCCCCCCC. The van der Waals surface area contributed by atoms with Gasteiger partial charge < -0.3 is 14.2 Å². The van der Waals surface area contributed by atoms with Crippen LogP contribution in [0.15, 0.2) is 134 Å². The Kier molecular flexibility index (Phi) is 56.4. The van der Waals surface area contributed by atoms with Gasteiger partial charge in [-0.2, -0.15) is 0 Å². The molecule has 0 aliphatic rings. The van der Waals surface area contributed by atoms with Crippen molar-refractivity contribution in [2.24, 2.45) is 0 Å². The second-order valence-electron chi connectivity index (χ2n) is 19.2. The summed E-state index contributed by atoms with van der Waals surface area (Å²) in [7, 11) is 0. The molecular formula is C67H108O6. The Morgan fingerprint density at radius 2 is 0.534 bits per heavy atom. The van der Waals surface area contributed by atoms with Gasteiger partial charge in [-0.3, -0.25) is 14.4 Å². The Labute approximate surface area is 449 Å². The normalized spacial score (nSPS) is 13.1. The van der Waals surface area contributed by atoms with Crippen LogP contribution < -0.4 is 0 Å². The third-order valence-corrected chi connectivity index (χ3v) is 12.1. The van der Waals surface area contributed by atoms with Gasteiger partial charge in [-0.05, 0) is 122 Å². The number of allylic oxidation sites excluding steroid dienone is 22. The molecule has 0 saturated heterocycles. The molecule has 0 aliphatic carbocycles. The van der Waals surface area contributed by atoms with Crippen molar-refractivity contribution in [2.45, 2.75) is 258 Å². The molecule has 0 fully saturated rings. The maximum atomic E-state index is 12.8. The van der Waals surface area contributed by atoms with Crippen molar-refractivity contribution in [1.82, 2.24) is 0 Å². The third kappa shape index (κ3) is 58.3. The molecule has 73 heavy (non-hydrogen) atoms. The molecule has 6 heteroatoms. The lowest BCUT2D eigenvalue weighted by atomic mass is 10.1. The van der Waals surface area contributed by atoms with Gasteiger partial charge in [-0.25, -0.2) is 0 Å². The zero-order valence-corrected chi connectivity index (χ0v) is 47.1. The molecule has 0 N–H and O–H groups in total. The Hall–Kier alpha value is -4.45. The van der Waals surface area contributed by atoms with E-state index in [-0.39, 0.29) is 31.1 Å². The first-order valence-corrected chi connectivity index (χ1v) is 29.7. The Morgan fingerprint density at radius 3 is 0.877 bits per heavy atom. The largest absolute Gasteiger partial charge is 0.462 e.